The second kappa shape index (κ2) is 5.72. The van der Waals surface area contributed by atoms with Crippen LogP contribution in [0.25, 0.3) is 0 Å². The molecule has 0 spiro atoms. The van der Waals surface area contributed by atoms with E-state index in [9.17, 15) is 14.4 Å². The number of nitrogens with one attached hydrogen (secondary N) is 1. The van der Waals surface area contributed by atoms with Crippen LogP contribution in [0.3, 0.4) is 0 Å². The Kier molecular flexibility index (Phi) is 3.61. The summed E-state index contributed by atoms with van der Waals surface area (Å²) in [5.41, 5.74) is 0.857. The van der Waals surface area contributed by atoms with Crippen LogP contribution in [0.1, 0.15) is 23.2 Å². The highest BCUT2D eigenvalue weighted by Gasteiger charge is 2.30. The van der Waals surface area contributed by atoms with E-state index in [1.807, 2.05) is 0 Å². The number of carbonyl (C=O) groups is 3. The maximum absolute atomic E-state index is 12.0. The summed E-state index contributed by atoms with van der Waals surface area (Å²) in [5.74, 6) is -0.599. The molecule has 0 saturated carbocycles. The van der Waals surface area contributed by atoms with E-state index in [1.165, 1.54) is 12.4 Å². The molecule has 22 heavy (non-hydrogen) atoms. The summed E-state index contributed by atoms with van der Waals surface area (Å²) in [7, 11) is 0. The molecule has 0 radical (unpaired) electrons. The van der Waals surface area contributed by atoms with Crippen molar-refractivity contribution in [2.24, 2.45) is 0 Å². The Morgan fingerprint density at radius 2 is 1.59 bits per heavy atom. The third-order valence-electron chi connectivity index (χ3n) is 3.23. The van der Waals surface area contributed by atoms with Crippen molar-refractivity contribution in [3.63, 3.8) is 0 Å². The van der Waals surface area contributed by atoms with Gasteiger partial charge in [0.15, 0.2) is 0 Å². The molecular weight excluding hydrogens is 284 g/mol. The fourth-order valence-electron chi connectivity index (χ4n) is 2.16. The van der Waals surface area contributed by atoms with E-state index in [2.05, 4.69) is 15.3 Å². The van der Waals surface area contributed by atoms with Crippen LogP contribution in [-0.2, 0) is 9.59 Å². The quantitative estimate of drug-likeness (QED) is 0.864. The number of nitrogens with zero attached hydrogens (tertiary/aromatic N) is 3. The molecule has 0 unspecified atom stereocenters. The first-order valence-electron chi connectivity index (χ1n) is 6.69. The number of amides is 3. The van der Waals surface area contributed by atoms with Gasteiger partial charge in [0.25, 0.3) is 5.91 Å². The molecule has 1 N–H and O–H groups in total. The van der Waals surface area contributed by atoms with Gasteiger partial charge in [-0.1, -0.05) is 0 Å². The maximum Gasteiger partial charge on any atom is 0.258 e. The molecule has 1 fully saturated rings. The number of carbonyl (C=O) groups excluding carboxylic acids is 3. The van der Waals surface area contributed by atoms with Crippen molar-refractivity contribution in [3.8, 4) is 0 Å². The van der Waals surface area contributed by atoms with Crippen LogP contribution < -0.4 is 10.2 Å². The smallest absolute Gasteiger partial charge is 0.258 e. The molecule has 0 bridgehead atoms. The summed E-state index contributed by atoms with van der Waals surface area (Å²) in [5, 5.41) is 2.56. The van der Waals surface area contributed by atoms with E-state index in [4.69, 9.17) is 0 Å². The van der Waals surface area contributed by atoms with Crippen LogP contribution in [-0.4, -0.2) is 27.7 Å². The molecule has 1 aliphatic rings. The molecule has 2 heterocycles. The van der Waals surface area contributed by atoms with Crippen molar-refractivity contribution >= 4 is 29.4 Å². The Morgan fingerprint density at radius 1 is 1.00 bits per heavy atom. The van der Waals surface area contributed by atoms with Crippen molar-refractivity contribution < 1.29 is 14.4 Å². The zero-order chi connectivity index (χ0) is 15.5. The molecule has 7 nitrogen and oxygen atoms in total. The number of aromatic nitrogens is 2. The normalized spacial score (nSPS) is 14.3. The van der Waals surface area contributed by atoms with Gasteiger partial charge in [0, 0.05) is 30.8 Å². The van der Waals surface area contributed by atoms with Gasteiger partial charge in [-0.2, -0.15) is 0 Å². The standard InChI is InChI=1S/C15H12N4O3/c20-12-6-7-13(21)19(12)11-4-2-10(3-5-11)14(22)18-15-16-8-1-9-17-15/h1-5,8-9H,6-7H2,(H,16,17,18,22). The van der Waals surface area contributed by atoms with E-state index in [0.717, 1.165) is 4.90 Å². The van der Waals surface area contributed by atoms with Gasteiger partial charge in [-0.15, -0.1) is 0 Å². The number of hydrogen-bond donors (Lipinski definition) is 1. The van der Waals surface area contributed by atoms with E-state index < -0.39 is 0 Å². The SMILES string of the molecule is O=C(Nc1ncccn1)c1ccc(N2C(=O)CCC2=O)cc1. The molecule has 1 saturated heterocycles. The fourth-order valence-corrected chi connectivity index (χ4v) is 2.16. The van der Waals surface area contributed by atoms with E-state index in [-0.39, 0.29) is 36.5 Å². The van der Waals surface area contributed by atoms with Gasteiger partial charge in [-0.05, 0) is 30.3 Å². The first kappa shape index (κ1) is 13.9. The first-order valence-corrected chi connectivity index (χ1v) is 6.69. The molecule has 0 aliphatic carbocycles. The van der Waals surface area contributed by atoms with E-state index >= 15 is 0 Å². The van der Waals surface area contributed by atoms with Gasteiger partial charge < -0.3 is 0 Å². The predicted molar refractivity (Wildman–Crippen MR) is 78.2 cm³/mol. The molecule has 7 heteroatoms. The Balaban J connectivity index is 1.75. The van der Waals surface area contributed by atoms with Crippen molar-refractivity contribution in [1.29, 1.82) is 0 Å². The third kappa shape index (κ3) is 2.69. The van der Waals surface area contributed by atoms with Gasteiger partial charge in [-0.25, -0.2) is 9.97 Å². The Bertz CT molecular complexity index is 712. The van der Waals surface area contributed by atoms with Gasteiger partial charge in [0.1, 0.15) is 0 Å². The fraction of sp³-hybridized carbons (Fsp3) is 0.133. The van der Waals surface area contributed by atoms with Crippen LogP contribution in [0.5, 0.6) is 0 Å². The first-order chi connectivity index (χ1) is 10.6. The van der Waals surface area contributed by atoms with Gasteiger partial charge in [-0.3, -0.25) is 24.6 Å². The average Bonchev–Trinajstić information content (AvgIpc) is 2.87. The lowest BCUT2D eigenvalue weighted by Crippen LogP contribution is -2.28. The van der Waals surface area contributed by atoms with Crippen molar-refractivity contribution in [2.45, 2.75) is 12.8 Å². The van der Waals surface area contributed by atoms with E-state index in [1.54, 1.807) is 30.3 Å². The number of anilines is 2. The lowest BCUT2D eigenvalue weighted by Gasteiger charge is -2.14. The largest absolute Gasteiger partial charge is 0.290 e. The average molecular weight is 296 g/mol. The zero-order valence-electron chi connectivity index (χ0n) is 11.5. The Morgan fingerprint density at radius 3 is 2.18 bits per heavy atom. The van der Waals surface area contributed by atoms with Gasteiger partial charge in [0.05, 0.1) is 5.69 Å². The van der Waals surface area contributed by atoms with Crippen molar-refractivity contribution in [3.05, 3.63) is 48.3 Å². The van der Waals surface area contributed by atoms with Crippen LogP contribution in [0.2, 0.25) is 0 Å². The Labute approximate surface area is 126 Å². The summed E-state index contributed by atoms with van der Waals surface area (Å²) in [4.78, 5) is 44.3. The minimum atomic E-state index is -0.364. The van der Waals surface area contributed by atoms with E-state index in [0.29, 0.717) is 11.3 Å². The highest BCUT2D eigenvalue weighted by Crippen LogP contribution is 2.22. The lowest BCUT2D eigenvalue weighted by molar-refractivity contribution is -0.121. The molecule has 3 rings (SSSR count). The summed E-state index contributed by atoms with van der Waals surface area (Å²) in [6.07, 6.45) is 3.51. The molecule has 2 aromatic rings. The van der Waals surface area contributed by atoms with Crippen LogP contribution in [0, 0.1) is 0 Å². The summed E-state index contributed by atoms with van der Waals surface area (Å²) >= 11 is 0. The van der Waals surface area contributed by atoms with Gasteiger partial charge >= 0.3 is 0 Å². The molecule has 0 atom stereocenters. The van der Waals surface area contributed by atoms with Crippen LogP contribution in [0.15, 0.2) is 42.7 Å². The second-order valence-corrected chi connectivity index (χ2v) is 4.70. The molecule has 1 aromatic heterocycles. The molecule has 110 valence electrons. The number of hydrogen-bond acceptors (Lipinski definition) is 5. The van der Waals surface area contributed by atoms with Crippen LogP contribution in [0.4, 0.5) is 11.6 Å². The van der Waals surface area contributed by atoms with Crippen LogP contribution >= 0.6 is 0 Å². The molecular formula is C15H12N4O3. The highest BCUT2D eigenvalue weighted by molar-refractivity contribution is 6.20. The zero-order valence-corrected chi connectivity index (χ0v) is 11.5. The topological polar surface area (TPSA) is 92.3 Å². The third-order valence-corrected chi connectivity index (χ3v) is 3.23. The number of imide groups is 1. The number of rotatable bonds is 3. The van der Waals surface area contributed by atoms with Gasteiger partial charge in [0.2, 0.25) is 17.8 Å². The monoisotopic (exact) mass is 296 g/mol. The highest BCUT2D eigenvalue weighted by atomic mass is 16.2. The summed E-state index contributed by atoms with van der Waals surface area (Å²) in [6.45, 7) is 0. The number of benzene rings is 1. The second-order valence-electron chi connectivity index (χ2n) is 4.70. The molecule has 3 amide bonds. The minimum Gasteiger partial charge on any atom is -0.290 e. The maximum atomic E-state index is 12.0. The molecule has 1 aromatic carbocycles. The lowest BCUT2D eigenvalue weighted by atomic mass is 10.2. The molecule has 1 aliphatic heterocycles. The Hall–Kier alpha value is -3.09. The van der Waals surface area contributed by atoms with Crippen molar-refractivity contribution in [1.82, 2.24) is 9.97 Å². The van der Waals surface area contributed by atoms with Crippen molar-refractivity contribution in [2.75, 3.05) is 10.2 Å². The predicted octanol–water partition coefficient (Wildman–Crippen LogP) is 1.38. The summed E-state index contributed by atoms with van der Waals surface area (Å²) in [6, 6.07) is 7.89. The summed E-state index contributed by atoms with van der Waals surface area (Å²) < 4.78 is 0. The minimum absolute atomic E-state index is 0.210.